The lowest BCUT2D eigenvalue weighted by Gasteiger charge is -2.28. The van der Waals surface area contributed by atoms with E-state index < -0.39 is 15.7 Å². The van der Waals surface area contributed by atoms with Crippen LogP contribution in [0.15, 0.2) is 41.3 Å². The van der Waals surface area contributed by atoms with Crippen LogP contribution in [0.1, 0.15) is 32.8 Å². The number of hydrogen-bond acceptors (Lipinski definition) is 5. The summed E-state index contributed by atoms with van der Waals surface area (Å²) in [6.07, 6.45) is 4.61. The zero-order chi connectivity index (χ0) is 20.5. The van der Waals surface area contributed by atoms with Gasteiger partial charge in [0.05, 0.1) is 11.5 Å². The zero-order valence-electron chi connectivity index (χ0n) is 16.9. The summed E-state index contributed by atoms with van der Waals surface area (Å²) >= 11 is 0. The van der Waals surface area contributed by atoms with E-state index in [0.717, 1.165) is 12.0 Å². The van der Waals surface area contributed by atoms with Gasteiger partial charge in [0.1, 0.15) is 5.60 Å². The maximum atomic E-state index is 12.5. The van der Waals surface area contributed by atoms with Gasteiger partial charge in [-0.25, -0.2) is 4.79 Å². The molecule has 1 aliphatic carbocycles. The fourth-order valence-electron chi connectivity index (χ4n) is 3.78. The largest absolute Gasteiger partial charge is 0.444 e. The normalized spacial score (nSPS) is 24.9. The highest BCUT2D eigenvalue weighted by Crippen LogP contribution is 2.37. The molecule has 1 aliphatic heterocycles. The molecule has 3 atom stereocenters. The highest BCUT2D eigenvalue weighted by Gasteiger charge is 2.41. The Hall–Kier alpha value is -1.86. The van der Waals surface area contributed by atoms with Gasteiger partial charge in [-0.2, -0.15) is 8.42 Å². The summed E-state index contributed by atoms with van der Waals surface area (Å²) in [5.74, 6) is 0.422. The van der Waals surface area contributed by atoms with Crippen molar-refractivity contribution in [1.82, 2.24) is 4.90 Å². The third-order valence-electron chi connectivity index (χ3n) is 5.24. The van der Waals surface area contributed by atoms with Gasteiger partial charge >= 0.3 is 6.09 Å². The molecule has 1 fully saturated rings. The smallest absolute Gasteiger partial charge is 0.410 e. The van der Waals surface area contributed by atoms with Crippen LogP contribution in [-0.2, 0) is 19.0 Å². The van der Waals surface area contributed by atoms with Crippen LogP contribution in [0.2, 0.25) is 0 Å². The number of fused-ring (bicyclic) bond motifs is 1. The number of likely N-dealkylation sites (tertiary alicyclic amines) is 1. The first-order valence-corrected chi connectivity index (χ1v) is 11.1. The molecule has 1 aromatic rings. The van der Waals surface area contributed by atoms with E-state index in [1.54, 1.807) is 29.2 Å². The average Bonchev–Trinajstić information content (AvgIpc) is 3.04. The molecular formula is C21H29NO5S. The highest BCUT2D eigenvalue weighted by atomic mass is 32.2. The number of carbonyl (C=O) groups excluding carboxylic acids is 1. The molecule has 28 heavy (non-hydrogen) atoms. The molecule has 2 aliphatic rings. The lowest BCUT2D eigenvalue weighted by Crippen LogP contribution is -2.36. The Labute approximate surface area is 167 Å². The summed E-state index contributed by atoms with van der Waals surface area (Å²) in [7, 11) is -3.79. The van der Waals surface area contributed by atoms with Crippen LogP contribution in [0.4, 0.5) is 4.79 Å². The fraction of sp³-hybridized carbons (Fsp3) is 0.571. The molecule has 0 spiro atoms. The summed E-state index contributed by atoms with van der Waals surface area (Å²) in [6.45, 7) is 8.72. The maximum absolute atomic E-state index is 12.5. The molecule has 3 rings (SSSR count). The van der Waals surface area contributed by atoms with Gasteiger partial charge in [-0.15, -0.1) is 0 Å². The Balaban J connectivity index is 1.63. The van der Waals surface area contributed by atoms with Crippen molar-refractivity contribution in [3.63, 3.8) is 0 Å². The van der Waals surface area contributed by atoms with Crippen molar-refractivity contribution in [2.75, 3.05) is 19.7 Å². The first-order chi connectivity index (χ1) is 13.0. The SMILES string of the molecule is Cc1ccc(S(=O)(=O)OCC2CC=CC3CN(C(=O)OC(C)(C)C)CC32)cc1. The van der Waals surface area contributed by atoms with Gasteiger partial charge in [-0.1, -0.05) is 29.8 Å². The molecule has 3 unspecified atom stereocenters. The van der Waals surface area contributed by atoms with Crippen molar-refractivity contribution in [2.24, 2.45) is 17.8 Å². The Bertz CT molecular complexity index is 839. The number of hydrogen-bond donors (Lipinski definition) is 0. The van der Waals surface area contributed by atoms with Gasteiger partial charge in [0, 0.05) is 13.1 Å². The van der Waals surface area contributed by atoms with Crippen LogP contribution in [0.5, 0.6) is 0 Å². The van der Waals surface area contributed by atoms with Gasteiger partial charge in [0.25, 0.3) is 10.1 Å². The average molecular weight is 408 g/mol. The molecule has 0 N–H and O–H groups in total. The Morgan fingerprint density at radius 2 is 1.86 bits per heavy atom. The lowest BCUT2D eigenvalue weighted by atomic mass is 9.78. The van der Waals surface area contributed by atoms with Crippen molar-refractivity contribution >= 4 is 16.2 Å². The van der Waals surface area contributed by atoms with E-state index in [4.69, 9.17) is 8.92 Å². The summed E-state index contributed by atoms with van der Waals surface area (Å²) in [5, 5.41) is 0. The number of carbonyl (C=O) groups is 1. The number of nitrogens with zero attached hydrogens (tertiary/aromatic N) is 1. The minimum absolute atomic E-state index is 0.0441. The van der Waals surface area contributed by atoms with Crippen LogP contribution in [0.25, 0.3) is 0 Å². The van der Waals surface area contributed by atoms with Gasteiger partial charge in [0.2, 0.25) is 0 Å². The van der Waals surface area contributed by atoms with Gasteiger partial charge in [-0.3, -0.25) is 4.18 Å². The molecular weight excluding hydrogens is 378 g/mol. The van der Waals surface area contributed by atoms with E-state index in [1.807, 2.05) is 27.7 Å². The fourth-order valence-corrected chi connectivity index (χ4v) is 4.74. The topological polar surface area (TPSA) is 72.9 Å². The number of rotatable bonds is 4. The molecule has 1 aromatic carbocycles. The van der Waals surface area contributed by atoms with Gasteiger partial charge in [0.15, 0.2) is 0 Å². The van der Waals surface area contributed by atoms with Crippen molar-refractivity contribution in [3.05, 3.63) is 42.0 Å². The summed E-state index contributed by atoms with van der Waals surface area (Å²) in [6, 6.07) is 6.64. The van der Waals surface area contributed by atoms with E-state index >= 15 is 0 Å². The Morgan fingerprint density at radius 3 is 2.50 bits per heavy atom. The molecule has 1 heterocycles. The first-order valence-electron chi connectivity index (χ1n) is 9.66. The molecule has 6 nitrogen and oxygen atoms in total. The number of ether oxygens (including phenoxy) is 1. The third-order valence-corrected chi connectivity index (χ3v) is 6.53. The minimum atomic E-state index is -3.79. The zero-order valence-corrected chi connectivity index (χ0v) is 17.7. The molecule has 0 radical (unpaired) electrons. The molecule has 0 aromatic heterocycles. The third kappa shape index (κ3) is 4.94. The van der Waals surface area contributed by atoms with Crippen LogP contribution in [0, 0.1) is 24.7 Å². The minimum Gasteiger partial charge on any atom is -0.444 e. The standard InChI is InChI=1S/C21H29NO5S/c1-15-8-10-18(11-9-15)28(24,25)26-14-17-7-5-6-16-12-22(13-19(16)17)20(23)27-21(2,3)4/h5-6,8-11,16-17,19H,7,12-14H2,1-4H3. The van der Waals surface area contributed by atoms with E-state index in [9.17, 15) is 13.2 Å². The molecule has 1 amide bonds. The van der Waals surface area contributed by atoms with E-state index in [1.165, 1.54) is 0 Å². The summed E-state index contributed by atoms with van der Waals surface area (Å²) < 4.78 is 35.8. The molecule has 0 saturated carbocycles. The van der Waals surface area contributed by atoms with Crippen molar-refractivity contribution < 1.29 is 22.1 Å². The number of benzene rings is 1. The maximum Gasteiger partial charge on any atom is 0.410 e. The van der Waals surface area contributed by atoms with E-state index in [2.05, 4.69) is 12.2 Å². The molecule has 154 valence electrons. The number of amides is 1. The summed E-state index contributed by atoms with van der Waals surface area (Å²) in [5.41, 5.74) is 0.457. The quantitative estimate of drug-likeness (QED) is 0.561. The molecule has 0 bridgehead atoms. The van der Waals surface area contributed by atoms with Crippen molar-refractivity contribution in [3.8, 4) is 0 Å². The van der Waals surface area contributed by atoms with Crippen LogP contribution >= 0.6 is 0 Å². The monoisotopic (exact) mass is 407 g/mol. The van der Waals surface area contributed by atoms with E-state index in [0.29, 0.717) is 13.1 Å². The van der Waals surface area contributed by atoms with E-state index in [-0.39, 0.29) is 35.3 Å². The predicted molar refractivity (Wildman–Crippen MR) is 106 cm³/mol. The second kappa shape index (κ2) is 7.87. The second-order valence-electron chi connectivity index (χ2n) is 8.69. The van der Waals surface area contributed by atoms with Crippen molar-refractivity contribution in [1.29, 1.82) is 0 Å². The van der Waals surface area contributed by atoms with Crippen LogP contribution < -0.4 is 0 Å². The van der Waals surface area contributed by atoms with Gasteiger partial charge in [-0.05, 0) is 64.0 Å². The first kappa shape index (κ1) is 20.9. The lowest BCUT2D eigenvalue weighted by molar-refractivity contribution is 0.0279. The van der Waals surface area contributed by atoms with Gasteiger partial charge < -0.3 is 9.64 Å². The Morgan fingerprint density at radius 1 is 1.18 bits per heavy atom. The Kier molecular flexibility index (Phi) is 5.87. The van der Waals surface area contributed by atoms with Crippen LogP contribution in [-0.4, -0.2) is 44.7 Å². The molecule has 1 saturated heterocycles. The van der Waals surface area contributed by atoms with Crippen molar-refractivity contribution in [2.45, 2.75) is 44.6 Å². The summed E-state index contributed by atoms with van der Waals surface area (Å²) in [4.78, 5) is 14.3. The second-order valence-corrected chi connectivity index (χ2v) is 10.3. The number of allylic oxidation sites excluding steroid dienone is 1. The number of aryl methyl sites for hydroxylation is 1. The predicted octanol–water partition coefficient (Wildman–Crippen LogP) is 3.76. The molecule has 7 heteroatoms. The van der Waals surface area contributed by atoms with Crippen LogP contribution in [0.3, 0.4) is 0 Å². The highest BCUT2D eigenvalue weighted by molar-refractivity contribution is 7.86.